The van der Waals surface area contributed by atoms with Gasteiger partial charge in [0.15, 0.2) is 0 Å². The Morgan fingerprint density at radius 1 is 0.870 bits per heavy atom. The lowest BCUT2D eigenvalue weighted by Crippen LogP contribution is -2.45. The van der Waals surface area contributed by atoms with Gasteiger partial charge in [0, 0.05) is 51.5 Å². The molecule has 2 saturated carbocycles. The molecule has 2 aromatic heterocycles. The van der Waals surface area contributed by atoms with Gasteiger partial charge in [-0.05, 0) is 87.9 Å². The average molecular weight is 771 g/mol. The van der Waals surface area contributed by atoms with Crippen LogP contribution in [0, 0.1) is 30.6 Å². The summed E-state index contributed by atoms with van der Waals surface area (Å²) in [5.41, 5.74) is 6.62. The molecular weight excluding hydrogens is 729 g/mol. The van der Waals surface area contributed by atoms with Crippen molar-refractivity contribution in [1.82, 2.24) is 10.5 Å². The lowest BCUT2D eigenvalue weighted by atomic mass is 9.82. The van der Waals surface area contributed by atoms with Crippen molar-refractivity contribution in [3.8, 4) is 23.7 Å². The van der Waals surface area contributed by atoms with Crippen molar-refractivity contribution in [3.63, 3.8) is 0 Å². The zero-order valence-corrected chi connectivity index (χ0v) is 31.2. The quantitative estimate of drug-likeness (QED) is 0.116. The fourth-order valence-electron chi connectivity index (χ4n) is 6.33. The Balaban J connectivity index is 0.000000167. The topological polar surface area (TPSA) is 172 Å². The third-order valence-electron chi connectivity index (χ3n) is 9.06. The van der Waals surface area contributed by atoms with Crippen molar-refractivity contribution in [2.75, 3.05) is 0 Å². The highest BCUT2D eigenvalue weighted by molar-refractivity contribution is 6.31. The van der Waals surface area contributed by atoms with E-state index in [1.807, 2.05) is 24.3 Å². The van der Waals surface area contributed by atoms with Crippen LogP contribution in [-0.2, 0) is 0 Å². The number of amides is 1. The number of aromatic nitrogens is 1. The second kappa shape index (κ2) is 18.3. The van der Waals surface area contributed by atoms with Gasteiger partial charge in [0.25, 0.3) is 5.91 Å². The van der Waals surface area contributed by atoms with Crippen LogP contribution >= 0.6 is 23.2 Å². The molecule has 54 heavy (non-hydrogen) atoms. The van der Waals surface area contributed by atoms with Crippen LogP contribution < -0.4 is 11.1 Å². The molecule has 1 amide bonds. The van der Waals surface area contributed by atoms with E-state index in [0.717, 1.165) is 36.8 Å². The number of carbonyl (C=O) groups excluding carboxylic acids is 1. The summed E-state index contributed by atoms with van der Waals surface area (Å²) in [4.78, 5) is 22.9. The van der Waals surface area contributed by atoms with Crippen LogP contribution in [0.5, 0.6) is 0 Å². The van der Waals surface area contributed by atoms with Gasteiger partial charge in [-0.3, -0.25) is 4.79 Å². The number of carbonyl (C=O) groups is 2. The zero-order valence-electron chi connectivity index (χ0n) is 29.6. The molecule has 280 valence electrons. The molecule has 0 spiro atoms. The number of nitrogens with one attached hydrogen (secondary N) is 1. The summed E-state index contributed by atoms with van der Waals surface area (Å²) in [6, 6.07) is 21.5. The maximum absolute atomic E-state index is 12.3. The molecule has 0 saturated heterocycles. The lowest BCUT2D eigenvalue weighted by Gasteiger charge is -2.33. The molecule has 0 unspecified atom stereocenters. The summed E-state index contributed by atoms with van der Waals surface area (Å²) >= 11 is 11.8. The van der Waals surface area contributed by atoms with Crippen molar-refractivity contribution in [2.45, 2.75) is 81.6 Å². The van der Waals surface area contributed by atoms with Gasteiger partial charge in [0.2, 0.25) is 0 Å². The minimum atomic E-state index is -1.12. The molecule has 10 nitrogen and oxygen atoms in total. The van der Waals surface area contributed by atoms with Crippen LogP contribution in [0.1, 0.15) is 89.0 Å². The summed E-state index contributed by atoms with van der Waals surface area (Å²) in [6.45, 7) is 1.69. The molecule has 12 heteroatoms. The molecule has 3 aromatic carbocycles. The smallest absolute Gasteiger partial charge is 0.339 e. The van der Waals surface area contributed by atoms with Gasteiger partial charge < -0.3 is 35.3 Å². The van der Waals surface area contributed by atoms with Gasteiger partial charge in [-0.2, -0.15) is 0 Å². The number of hydrogen-bond donors (Lipinski definition) is 5. The van der Waals surface area contributed by atoms with E-state index in [-0.39, 0.29) is 23.6 Å². The van der Waals surface area contributed by atoms with Crippen molar-refractivity contribution >= 4 is 46.0 Å². The fraction of sp³-hybridized carbons (Fsp3) is 0.310. The van der Waals surface area contributed by atoms with Crippen LogP contribution in [0.4, 0.5) is 0 Å². The summed E-state index contributed by atoms with van der Waals surface area (Å²) in [7, 11) is 0. The van der Waals surface area contributed by atoms with Crippen LogP contribution in [-0.4, -0.2) is 55.6 Å². The normalized spacial score (nSPS) is 21.7. The van der Waals surface area contributed by atoms with Crippen LogP contribution in [0.2, 0.25) is 10.0 Å². The summed E-state index contributed by atoms with van der Waals surface area (Å²) < 4.78 is 9.95. The molecular formula is C42H41Cl2N3O7. The Morgan fingerprint density at radius 2 is 1.48 bits per heavy atom. The summed E-state index contributed by atoms with van der Waals surface area (Å²) in [6.07, 6.45) is 8.38. The van der Waals surface area contributed by atoms with Gasteiger partial charge in [-0.25, -0.2) is 4.79 Å². The van der Waals surface area contributed by atoms with Crippen LogP contribution in [0.15, 0.2) is 94.2 Å². The molecule has 2 aliphatic carbocycles. The first kappa shape index (κ1) is 40.1. The van der Waals surface area contributed by atoms with Crippen molar-refractivity contribution in [2.24, 2.45) is 5.73 Å². The molecule has 6 N–H and O–H groups in total. The number of halogens is 2. The third-order valence-corrected chi connectivity index (χ3v) is 9.53. The number of carboxylic acids is 1. The van der Waals surface area contributed by atoms with Gasteiger partial charge in [-0.15, -0.1) is 0 Å². The predicted octanol–water partition coefficient (Wildman–Crippen LogP) is 7.55. The van der Waals surface area contributed by atoms with Gasteiger partial charge in [-0.1, -0.05) is 82.4 Å². The van der Waals surface area contributed by atoms with E-state index in [1.165, 1.54) is 12.5 Å². The first-order chi connectivity index (χ1) is 25.8. The highest BCUT2D eigenvalue weighted by Crippen LogP contribution is 2.29. The maximum atomic E-state index is 12.3. The van der Waals surface area contributed by atoms with Crippen LogP contribution in [0.3, 0.4) is 0 Å². The largest absolute Gasteiger partial charge is 0.478 e. The standard InChI is InChI=1S/C19H19ClN2O3.C14H16ClNO.C9H6O3/c1-13-17(12-21-25-13)18(23)22-16-6-3-8-19(24,11-16)9-7-14-4-2-5-15(20)10-14;15-12-4-1-3-11(9-12)6-8-14(17)7-2-5-13(16)10-14;10-9(11)7-5-12-8-4-2-1-3-6(7)8/h2,4-5,10,12,16,24H,3,6,8,11H2,1H3,(H,22,23);1,3-4,9,13,17H,2,5,7,10,16H2;1-5H,(H,10,11)/t16-,19+;13-,14+;/m00./s1. The third kappa shape index (κ3) is 11.5. The molecule has 2 fully saturated rings. The van der Waals surface area contributed by atoms with E-state index in [2.05, 4.69) is 34.2 Å². The molecule has 2 aliphatic rings. The Kier molecular flexibility index (Phi) is 13.6. The van der Waals surface area contributed by atoms with E-state index in [1.54, 1.807) is 55.5 Å². The molecule has 4 atom stereocenters. The summed E-state index contributed by atoms with van der Waals surface area (Å²) in [5, 5.41) is 38.2. The number of aromatic carboxylic acids is 1. The first-order valence-corrected chi connectivity index (χ1v) is 18.3. The van der Waals surface area contributed by atoms with Crippen molar-refractivity contribution in [1.29, 1.82) is 0 Å². The number of nitrogens with zero attached hydrogens (tertiary/aromatic N) is 1. The maximum Gasteiger partial charge on any atom is 0.339 e. The predicted molar refractivity (Wildman–Crippen MR) is 207 cm³/mol. The average Bonchev–Trinajstić information content (AvgIpc) is 3.77. The minimum Gasteiger partial charge on any atom is -0.478 e. The van der Waals surface area contributed by atoms with E-state index >= 15 is 0 Å². The minimum absolute atomic E-state index is 0.0578. The molecule has 5 aromatic rings. The lowest BCUT2D eigenvalue weighted by molar-refractivity contribution is 0.0451. The highest BCUT2D eigenvalue weighted by atomic mass is 35.5. The SMILES string of the molecule is Cc1oncc1C(=O)N[C@H]1CCC[C@@](O)(C#Cc2cccc(Cl)c2)C1.N[C@H]1CCC[C@@](O)(C#Cc2cccc(Cl)c2)C1.O=C(O)c1coc2ccccc12. The van der Waals surface area contributed by atoms with E-state index in [4.69, 9.17) is 43.0 Å². The van der Waals surface area contributed by atoms with Gasteiger partial charge >= 0.3 is 5.97 Å². The number of rotatable bonds is 3. The number of fused-ring (bicyclic) bond motifs is 1. The summed E-state index contributed by atoms with van der Waals surface area (Å²) in [5.74, 6) is 11.1. The number of aliphatic hydroxyl groups is 2. The Bertz CT molecular complexity index is 2210. The van der Waals surface area contributed by atoms with Crippen LogP contribution in [0.25, 0.3) is 11.0 Å². The fourth-order valence-corrected chi connectivity index (χ4v) is 6.71. The van der Waals surface area contributed by atoms with Crippen molar-refractivity contribution < 1.29 is 33.8 Å². The second-order valence-electron chi connectivity index (χ2n) is 13.5. The zero-order chi connectivity index (χ0) is 38.7. The van der Waals surface area contributed by atoms with E-state index < -0.39 is 17.2 Å². The number of hydrogen-bond acceptors (Lipinski definition) is 8. The Labute approximate surface area is 323 Å². The molecule has 7 rings (SSSR count). The number of nitrogens with two attached hydrogens (primary N) is 1. The molecule has 2 heterocycles. The Morgan fingerprint density at radius 3 is 2.06 bits per heavy atom. The number of benzene rings is 3. The molecule has 0 aliphatic heterocycles. The van der Waals surface area contributed by atoms with Crippen molar-refractivity contribution in [3.05, 3.63) is 123 Å². The number of para-hydroxylation sites is 1. The number of aryl methyl sites for hydroxylation is 1. The van der Waals surface area contributed by atoms with Gasteiger partial charge in [0.05, 0.1) is 6.20 Å². The Hall–Kier alpha value is -5.07. The molecule has 0 radical (unpaired) electrons. The van der Waals surface area contributed by atoms with Gasteiger partial charge in [0.1, 0.15) is 39.9 Å². The monoisotopic (exact) mass is 769 g/mol. The second-order valence-corrected chi connectivity index (χ2v) is 14.3. The van der Waals surface area contributed by atoms with E-state index in [0.29, 0.717) is 58.0 Å². The highest BCUT2D eigenvalue weighted by Gasteiger charge is 2.34. The number of carboxylic acid groups (broad SMARTS) is 1. The molecule has 0 bridgehead atoms. The number of furan rings is 1. The first-order valence-electron chi connectivity index (χ1n) is 17.5. The van der Waals surface area contributed by atoms with E-state index in [9.17, 15) is 19.8 Å².